The summed E-state index contributed by atoms with van der Waals surface area (Å²) in [7, 11) is 0. The molecule has 4 bridgehead atoms. The Balaban J connectivity index is 1.60. The highest BCUT2D eigenvalue weighted by Crippen LogP contribution is 2.65. The molecule has 0 saturated heterocycles. The van der Waals surface area contributed by atoms with Crippen LogP contribution >= 0.6 is 27.5 Å². The maximum atomic E-state index is 12.8. The van der Waals surface area contributed by atoms with Gasteiger partial charge in [-0.15, -0.1) is 0 Å². The Labute approximate surface area is 125 Å². The number of carbonyl (C=O) groups is 1. The van der Waals surface area contributed by atoms with Gasteiger partial charge in [-0.1, -0.05) is 0 Å². The second-order valence-corrected chi connectivity index (χ2v) is 8.13. The lowest BCUT2D eigenvalue weighted by Gasteiger charge is -2.31. The largest absolute Gasteiger partial charge is 0.315 e. The molecule has 2 atom stereocenters. The minimum absolute atomic E-state index is 0.0507. The van der Waals surface area contributed by atoms with E-state index in [1.165, 1.54) is 30.8 Å². The van der Waals surface area contributed by atoms with Crippen molar-refractivity contribution in [1.82, 2.24) is 4.37 Å². The molecular formula is C14H17BrN2OS. The van der Waals surface area contributed by atoms with Gasteiger partial charge in [0.1, 0.15) is 5.00 Å². The second kappa shape index (κ2) is 4.04. The van der Waals surface area contributed by atoms with Crippen molar-refractivity contribution < 1.29 is 4.79 Å². The number of nitrogens with zero attached hydrogens (tertiary/aromatic N) is 1. The van der Waals surface area contributed by atoms with E-state index in [1.54, 1.807) is 0 Å². The minimum atomic E-state index is -0.0507. The highest BCUT2D eigenvalue weighted by molar-refractivity contribution is 9.10. The van der Waals surface area contributed by atoms with E-state index >= 15 is 0 Å². The van der Waals surface area contributed by atoms with Crippen LogP contribution in [0.5, 0.6) is 0 Å². The molecule has 1 heterocycles. The van der Waals surface area contributed by atoms with Gasteiger partial charge in [-0.25, -0.2) is 0 Å². The average Bonchev–Trinajstić information content (AvgIpc) is 2.91. The first kappa shape index (κ1) is 12.3. The molecule has 4 fully saturated rings. The molecule has 1 N–H and O–H groups in total. The van der Waals surface area contributed by atoms with Gasteiger partial charge >= 0.3 is 0 Å². The van der Waals surface area contributed by atoms with Crippen LogP contribution in [0.4, 0.5) is 5.00 Å². The molecule has 5 rings (SSSR count). The normalized spacial score (nSPS) is 38.9. The molecule has 0 radical (unpaired) electrons. The van der Waals surface area contributed by atoms with Crippen LogP contribution in [0.25, 0.3) is 0 Å². The number of rotatable bonds is 2. The van der Waals surface area contributed by atoms with Gasteiger partial charge in [-0.2, -0.15) is 4.37 Å². The number of nitrogens with one attached hydrogen (secondary N) is 1. The summed E-state index contributed by atoms with van der Waals surface area (Å²) in [6, 6.07) is 0. The van der Waals surface area contributed by atoms with Crippen LogP contribution in [-0.4, -0.2) is 10.3 Å². The van der Waals surface area contributed by atoms with Crippen LogP contribution in [-0.2, 0) is 4.79 Å². The lowest BCUT2D eigenvalue weighted by molar-refractivity contribution is -0.127. The molecule has 0 aromatic carbocycles. The lowest BCUT2D eigenvalue weighted by Crippen LogP contribution is -2.37. The number of hydrogen-bond donors (Lipinski definition) is 1. The summed E-state index contributed by atoms with van der Waals surface area (Å²) < 4.78 is 5.23. The molecule has 2 unspecified atom stereocenters. The first-order valence-corrected chi connectivity index (χ1v) is 8.58. The van der Waals surface area contributed by atoms with Gasteiger partial charge in [-0.3, -0.25) is 4.79 Å². The van der Waals surface area contributed by atoms with E-state index < -0.39 is 0 Å². The summed E-state index contributed by atoms with van der Waals surface area (Å²) in [6.07, 6.45) is 6.18. The molecule has 4 aliphatic carbocycles. The number of hydrogen-bond acceptors (Lipinski definition) is 3. The fraction of sp³-hybridized carbons (Fsp3) is 0.714. The Kier molecular flexibility index (Phi) is 2.62. The maximum absolute atomic E-state index is 12.8. The van der Waals surface area contributed by atoms with Gasteiger partial charge in [0, 0.05) is 0 Å². The van der Waals surface area contributed by atoms with Crippen molar-refractivity contribution in [3.05, 3.63) is 10.2 Å². The van der Waals surface area contributed by atoms with E-state index in [2.05, 4.69) is 25.6 Å². The Morgan fingerprint density at radius 3 is 2.63 bits per heavy atom. The molecule has 3 nitrogen and oxygen atoms in total. The molecule has 1 aromatic heterocycles. The first-order valence-electron chi connectivity index (χ1n) is 7.02. The fourth-order valence-corrected chi connectivity index (χ4v) is 6.04. The summed E-state index contributed by atoms with van der Waals surface area (Å²) in [5.41, 5.74) is 0.903. The molecule has 1 aromatic rings. The fourth-order valence-electron chi connectivity index (χ4n) is 4.83. The molecule has 0 spiro atoms. The summed E-state index contributed by atoms with van der Waals surface area (Å²) in [4.78, 5) is 12.8. The molecule has 4 saturated carbocycles. The van der Waals surface area contributed by atoms with Crippen LogP contribution in [0.15, 0.2) is 4.47 Å². The minimum Gasteiger partial charge on any atom is -0.315 e. The Bertz CT molecular complexity index is 542. The van der Waals surface area contributed by atoms with Crippen LogP contribution < -0.4 is 5.32 Å². The smallest absolute Gasteiger partial charge is 0.231 e. The van der Waals surface area contributed by atoms with E-state index in [0.29, 0.717) is 5.92 Å². The van der Waals surface area contributed by atoms with Crippen molar-refractivity contribution in [2.45, 2.75) is 39.0 Å². The zero-order chi connectivity index (χ0) is 13.2. The van der Waals surface area contributed by atoms with Gasteiger partial charge in [0.05, 0.1) is 15.6 Å². The quantitative estimate of drug-likeness (QED) is 0.884. The van der Waals surface area contributed by atoms with Crippen molar-refractivity contribution in [2.24, 2.45) is 23.2 Å². The van der Waals surface area contributed by atoms with Crippen molar-refractivity contribution >= 4 is 38.4 Å². The predicted molar refractivity (Wildman–Crippen MR) is 79.2 cm³/mol. The Morgan fingerprint density at radius 1 is 1.37 bits per heavy atom. The first-order chi connectivity index (χ1) is 9.08. The monoisotopic (exact) mass is 340 g/mol. The van der Waals surface area contributed by atoms with Crippen molar-refractivity contribution in [3.63, 3.8) is 0 Å². The average molecular weight is 341 g/mol. The van der Waals surface area contributed by atoms with Crippen molar-refractivity contribution in [2.75, 3.05) is 5.32 Å². The van der Waals surface area contributed by atoms with E-state index in [4.69, 9.17) is 0 Å². The molecule has 19 heavy (non-hydrogen) atoms. The highest BCUT2D eigenvalue weighted by atomic mass is 79.9. The molecule has 5 heteroatoms. The number of aromatic nitrogens is 1. The van der Waals surface area contributed by atoms with Crippen LogP contribution in [0.3, 0.4) is 0 Å². The molecular weight excluding hydrogens is 324 g/mol. The third-order valence-electron chi connectivity index (χ3n) is 5.46. The Hall–Kier alpha value is -0.420. The number of halogens is 1. The predicted octanol–water partition coefficient (Wildman–Crippen LogP) is 3.98. The molecule has 102 valence electrons. The maximum Gasteiger partial charge on any atom is 0.231 e. The highest BCUT2D eigenvalue weighted by Gasteiger charge is 2.61. The second-order valence-electron chi connectivity index (χ2n) is 6.57. The van der Waals surface area contributed by atoms with E-state index in [0.717, 1.165) is 39.8 Å². The third-order valence-corrected chi connectivity index (χ3v) is 7.55. The van der Waals surface area contributed by atoms with Gasteiger partial charge in [0.15, 0.2) is 0 Å². The van der Waals surface area contributed by atoms with Crippen molar-refractivity contribution in [1.29, 1.82) is 0 Å². The van der Waals surface area contributed by atoms with E-state index in [1.807, 2.05) is 6.92 Å². The summed E-state index contributed by atoms with van der Waals surface area (Å²) in [6.45, 7) is 1.96. The van der Waals surface area contributed by atoms with E-state index in [9.17, 15) is 4.79 Å². The number of carbonyl (C=O) groups excluding carboxylic acids is 1. The number of amides is 1. The lowest BCUT2D eigenvalue weighted by atomic mass is 9.75. The van der Waals surface area contributed by atoms with Gasteiger partial charge in [0.25, 0.3) is 0 Å². The Morgan fingerprint density at radius 2 is 2.05 bits per heavy atom. The van der Waals surface area contributed by atoms with Crippen molar-refractivity contribution in [3.8, 4) is 0 Å². The third kappa shape index (κ3) is 1.67. The topological polar surface area (TPSA) is 42.0 Å². The van der Waals surface area contributed by atoms with Gasteiger partial charge < -0.3 is 5.32 Å². The summed E-state index contributed by atoms with van der Waals surface area (Å²) in [5, 5.41) is 4.02. The zero-order valence-corrected chi connectivity index (χ0v) is 13.3. The summed E-state index contributed by atoms with van der Waals surface area (Å²) in [5.74, 6) is 2.53. The van der Waals surface area contributed by atoms with Crippen LogP contribution in [0, 0.1) is 30.1 Å². The van der Waals surface area contributed by atoms with Crippen LogP contribution in [0.1, 0.15) is 37.8 Å². The van der Waals surface area contributed by atoms with Crippen LogP contribution in [0.2, 0.25) is 0 Å². The molecule has 4 aliphatic rings. The molecule has 0 aliphatic heterocycles. The number of anilines is 1. The van der Waals surface area contributed by atoms with E-state index in [-0.39, 0.29) is 11.3 Å². The van der Waals surface area contributed by atoms with Gasteiger partial charge in [-0.05, 0) is 84.2 Å². The molecule has 1 amide bonds. The zero-order valence-electron chi connectivity index (χ0n) is 10.9. The van der Waals surface area contributed by atoms with Gasteiger partial charge in [0.2, 0.25) is 5.91 Å². The standard InChI is InChI=1S/C14H17BrN2OS/c1-7-11(15)12(19-17-7)16-13(18)14-5-8-2-9(6-14)4-10(14)3-8/h8-10H,2-6H2,1H3,(H,16,18). The SMILES string of the molecule is Cc1nsc(NC(=O)C23CC4CC(CC2C4)C3)c1Br. The number of aryl methyl sites for hydroxylation is 1. The summed E-state index contributed by atoms with van der Waals surface area (Å²) >= 11 is 4.89.